The van der Waals surface area contributed by atoms with Crippen molar-refractivity contribution in [3.8, 4) is 0 Å². The van der Waals surface area contributed by atoms with Crippen LogP contribution >= 0.6 is 0 Å². The number of allylic oxidation sites excluding steroid dienone is 1. The van der Waals surface area contributed by atoms with Crippen molar-refractivity contribution in [3.05, 3.63) is 25.0 Å². The first-order valence-electron chi connectivity index (χ1n) is 6.02. The molecule has 0 radical (unpaired) electrons. The van der Waals surface area contributed by atoms with Crippen molar-refractivity contribution in [2.24, 2.45) is 5.41 Å². The molecule has 1 heterocycles. The Bertz CT molecular complexity index is 365. The largest absolute Gasteiger partial charge is 0.352 e. The fourth-order valence-electron chi connectivity index (χ4n) is 2.49. The van der Waals surface area contributed by atoms with Gasteiger partial charge in [-0.15, -0.1) is 6.58 Å². The van der Waals surface area contributed by atoms with Crippen molar-refractivity contribution in [1.82, 2.24) is 9.55 Å². The molecule has 1 fully saturated rings. The number of anilines is 1. The molecule has 3 nitrogen and oxygen atoms in total. The molecule has 0 saturated heterocycles. The number of nitrogens with one attached hydrogen (secondary N) is 1. The van der Waals surface area contributed by atoms with Gasteiger partial charge in [0, 0.05) is 25.0 Å². The van der Waals surface area contributed by atoms with Gasteiger partial charge in [-0.25, -0.2) is 4.98 Å². The zero-order chi connectivity index (χ0) is 11.6. The maximum absolute atomic E-state index is 4.37. The molecule has 0 aromatic carbocycles. The summed E-state index contributed by atoms with van der Waals surface area (Å²) in [5, 5.41) is 3.57. The summed E-state index contributed by atoms with van der Waals surface area (Å²) < 4.78 is 2.10. The van der Waals surface area contributed by atoms with Crippen LogP contribution < -0.4 is 5.32 Å². The van der Waals surface area contributed by atoms with Gasteiger partial charge in [0.2, 0.25) is 5.95 Å². The summed E-state index contributed by atoms with van der Waals surface area (Å²) in [6, 6.07) is 0.540. The van der Waals surface area contributed by atoms with Crippen molar-refractivity contribution in [3.63, 3.8) is 0 Å². The molecule has 88 valence electrons. The predicted octanol–water partition coefficient (Wildman–Crippen LogP) is 3.06. The van der Waals surface area contributed by atoms with Crippen LogP contribution in [0.1, 0.15) is 33.1 Å². The summed E-state index contributed by atoms with van der Waals surface area (Å²) in [6.07, 6.45) is 9.58. The van der Waals surface area contributed by atoms with Crippen molar-refractivity contribution in [2.75, 3.05) is 5.32 Å². The second-order valence-corrected chi connectivity index (χ2v) is 5.27. The van der Waals surface area contributed by atoms with Crippen molar-refractivity contribution >= 4 is 5.95 Å². The average Bonchev–Trinajstić information content (AvgIpc) is 2.77. The molecule has 3 heteroatoms. The highest BCUT2D eigenvalue weighted by Gasteiger charge is 2.34. The molecular weight excluding hydrogens is 198 g/mol. The number of hydrogen-bond donors (Lipinski definition) is 1. The quantitative estimate of drug-likeness (QED) is 0.789. The van der Waals surface area contributed by atoms with Gasteiger partial charge in [0.1, 0.15) is 0 Å². The molecule has 1 aromatic rings. The number of nitrogens with zero attached hydrogens (tertiary/aromatic N) is 2. The van der Waals surface area contributed by atoms with Gasteiger partial charge in [-0.1, -0.05) is 26.3 Å². The Morgan fingerprint density at radius 1 is 1.69 bits per heavy atom. The lowest BCUT2D eigenvalue weighted by Gasteiger charge is -2.28. The van der Waals surface area contributed by atoms with Crippen LogP contribution in [0.2, 0.25) is 0 Å². The van der Waals surface area contributed by atoms with E-state index in [1.165, 1.54) is 19.3 Å². The molecule has 0 bridgehead atoms. The lowest BCUT2D eigenvalue weighted by atomic mass is 9.87. The van der Waals surface area contributed by atoms with E-state index in [1.54, 1.807) is 0 Å². The van der Waals surface area contributed by atoms with Crippen LogP contribution in [-0.2, 0) is 6.54 Å². The first-order chi connectivity index (χ1) is 7.63. The van der Waals surface area contributed by atoms with Gasteiger partial charge in [0.05, 0.1) is 0 Å². The zero-order valence-corrected chi connectivity index (χ0v) is 10.2. The maximum Gasteiger partial charge on any atom is 0.203 e. The van der Waals surface area contributed by atoms with Crippen LogP contribution in [0.4, 0.5) is 5.95 Å². The molecule has 1 aliphatic rings. The van der Waals surface area contributed by atoms with E-state index in [4.69, 9.17) is 0 Å². The predicted molar refractivity (Wildman–Crippen MR) is 67.5 cm³/mol. The minimum absolute atomic E-state index is 0.380. The topological polar surface area (TPSA) is 29.9 Å². The standard InChI is InChI=1S/C13H21N3/c1-4-9-16-10-8-14-12(16)15-11-6-5-7-13(11,2)3/h4,8,10-11H,1,5-7,9H2,2-3H3,(H,14,15). The monoisotopic (exact) mass is 219 g/mol. The summed E-state index contributed by atoms with van der Waals surface area (Å²) in [5.41, 5.74) is 0.380. The van der Waals surface area contributed by atoms with Crippen molar-refractivity contribution in [1.29, 1.82) is 0 Å². The molecule has 1 unspecified atom stereocenters. The van der Waals surface area contributed by atoms with Crippen LogP contribution in [0.3, 0.4) is 0 Å². The molecule has 1 N–H and O–H groups in total. The molecule has 1 aliphatic carbocycles. The second kappa shape index (κ2) is 4.32. The van der Waals surface area contributed by atoms with Gasteiger partial charge in [0.15, 0.2) is 0 Å². The number of rotatable bonds is 4. The first-order valence-corrected chi connectivity index (χ1v) is 6.02. The lowest BCUT2D eigenvalue weighted by Crippen LogP contribution is -2.32. The van der Waals surface area contributed by atoms with E-state index in [0.29, 0.717) is 11.5 Å². The first kappa shape index (κ1) is 11.2. The van der Waals surface area contributed by atoms with E-state index in [2.05, 4.69) is 35.3 Å². The van der Waals surface area contributed by atoms with Gasteiger partial charge in [0.25, 0.3) is 0 Å². The highest BCUT2D eigenvalue weighted by atomic mass is 15.2. The van der Waals surface area contributed by atoms with Gasteiger partial charge >= 0.3 is 0 Å². The summed E-state index contributed by atoms with van der Waals surface area (Å²) >= 11 is 0. The molecule has 0 spiro atoms. The zero-order valence-electron chi connectivity index (χ0n) is 10.2. The Hall–Kier alpha value is -1.25. The SMILES string of the molecule is C=CCn1ccnc1NC1CCCC1(C)C. The van der Waals surface area contributed by atoms with Crippen LogP contribution in [-0.4, -0.2) is 15.6 Å². The van der Waals surface area contributed by atoms with Gasteiger partial charge in [-0.05, 0) is 18.3 Å². The van der Waals surface area contributed by atoms with E-state index in [-0.39, 0.29) is 0 Å². The summed E-state index contributed by atoms with van der Waals surface area (Å²) in [4.78, 5) is 4.37. The highest BCUT2D eigenvalue weighted by molar-refractivity contribution is 5.29. The molecule has 0 aliphatic heterocycles. The fraction of sp³-hybridized carbons (Fsp3) is 0.615. The number of aromatic nitrogens is 2. The minimum atomic E-state index is 0.380. The van der Waals surface area contributed by atoms with Crippen LogP contribution in [0.25, 0.3) is 0 Å². The van der Waals surface area contributed by atoms with Crippen LogP contribution in [0, 0.1) is 5.41 Å². The molecular formula is C13H21N3. The minimum Gasteiger partial charge on any atom is -0.352 e. The highest BCUT2D eigenvalue weighted by Crippen LogP contribution is 2.38. The third-order valence-corrected chi connectivity index (χ3v) is 3.60. The van der Waals surface area contributed by atoms with E-state index in [0.717, 1.165) is 12.5 Å². The molecule has 1 saturated carbocycles. The Kier molecular flexibility index (Phi) is 3.03. The molecule has 1 aromatic heterocycles. The van der Waals surface area contributed by atoms with Gasteiger partial charge in [-0.2, -0.15) is 0 Å². The lowest BCUT2D eigenvalue weighted by molar-refractivity contribution is 0.348. The third kappa shape index (κ3) is 2.13. The van der Waals surface area contributed by atoms with Gasteiger partial charge < -0.3 is 9.88 Å². The summed E-state index contributed by atoms with van der Waals surface area (Å²) in [6.45, 7) is 9.24. The smallest absolute Gasteiger partial charge is 0.203 e. The van der Waals surface area contributed by atoms with Crippen molar-refractivity contribution < 1.29 is 0 Å². The number of imidazole rings is 1. The normalized spacial score (nSPS) is 23.2. The van der Waals surface area contributed by atoms with Crippen LogP contribution in [0.15, 0.2) is 25.0 Å². The Balaban J connectivity index is 2.08. The van der Waals surface area contributed by atoms with E-state index in [1.807, 2.05) is 18.5 Å². The molecule has 0 amide bonds. The average molecular weight is 219 g/mol. The summed E-state index contributed by atoms with van der Waals surface area (Å²) in [5.74, 6) is 0.972. The third-order valence-electron chi connectivity index (χ3n) is 3.60. The summed E-state index contributed by atoms with van der Waals surface area (Å²) in [7, 11) is 0. The molecule has 2 rings (SSSR count). The second-order valence-electron chi connectivity index (χ2n) is 5.27. The Labute approximate surface area is 97.6 Å². The van der Waals surface area contributed by atoms with E-state index >= 15 is 0 Å². The van der Waals surface area contributed by atoms with E-state index in [9.17, 15) is 0 Å². The maximum atomic E-state index is 4.37. The fourth-order valence-corrected chi connectivity index (χ4v) is 2.49. The molecule has 1 atom stereocenters. The van der Waals surface area contributed by atoms with Gasteiger partial charge in [-0.3, -0.25) is 0 Å². The Morgan fingerprint density at radius 3 is 3.12 bits per heavy atom. The van der Waals surface area contributed by atoms with Crippen molar-refractivity contribution in [2.45, 2.75) is 45.7 Å². The van der Waals surface area contributed by atoms with E-state index < -0.39 is 0 Å². The number of hydrogen-bond acceptors (Lipinski definition) is 2. The molecule has 16 heavy (non-hydrogen) atoms. The Morgan fingerprint density at radius 2 is 2.50 bits per heavy atom. The van der Waals surface area contributed by atoms with Crippen LogP contribution in [0.5, 0.6) is 0 Å².